The fourth-order valence-corrected chi connectivity index (χ4v) is 4.06. The topological polar surface area (TPSA) is 65.0 Å². The number of methoxy groups -OCH3 is 1. The van der Waals surface area contributed by atoms with Crippen molar-refractivity contribution in [1.29, 1.82) is 0 Å². The van der Waals surface area contributed by atoms with Crippen molar-refractivity contribution in [3.05, 3.63) is 70.8 Å². The van der Waals surface area contributed by atoms with E-state index < -0.39 is 11.8 Å². The summed E-state index contributed by atoms with van der Waals surface area (Å²) in [4.78, 5) is 30.8. The molecule has 0 saturated carbocycles. The molecule has 2 aromatic rings. The van der Waals surface area contributed by atoms with Gasteiger partial charge in [-0.15, -0.1) is 0 Å². The molecule has 0 fully saturated rings. The Morgan fingerprint density at radius 2 is 1.75 bits per heavy atom. The van der Waals surface area contributed by atoms with Crippen molar-refractivity contribution in [2.24, 2.45) is 10.9 Å². The van der Waals surface area contributed by atoms with Crippen LogP contribution in [0.4, 0.5) is 0 Å². The van der Waals surface area contributed by atoms with Gasteiger partial charge < -0.3 is 9.47 Å². The molecule has 1 aliphatic heterocycles. The third-order valence-corrected chi connectivity index (χ3v) is 5.32. The van der Waals surface area contributed by atoms with E-state index in [9.17, 15) is 9.59 Å². The van der Waals surface area contributed by atoms with Crippen LogP contribution in [0, 0.1) is 5.92 Å². The number of nitrogens with zero attached hydrogens (tertiary/aromatic N) is 1. The summed E-state index contributed by atoms with van der Waals surface area (Å²) in [5.74, 6) is -0.799. The van der Waals surface area contributed by atoms with Gasteiger partial charge in [0.2, 0.25) is 0 Å². The van der Waals surface area contributed by atoms with Crippen molar-refractivity contribution < 1.29 is 19.1 Å². The summed E-state index contributed by atoms with van der Waals surface area (Å²) < 4.78 is 10.6. The summed E-state index contributed by atoms with van der Waals surface area (Å²) in [6.07, 6.45) is 0. The molecule has 1 unspecified atom stereocenters. The van der Waals surface area contributed by atoms with Crippen LogP contribution in [-0.2, 0) is 9.53 Å². The van der Waals surface area contributed by atoms with E-state index in [1.54, 1.807) is 14.0 Å². The molecule has 0 bridgehead atoms. The van der Waals surface area contributed by atoms with Crippen molar-refractivity contribution in [3.8, 4) is 5.75 Å². The zero-order valence-electron chi connectivity index (χ0n) is 16.1. The molecule has 0 saturated heterocycles. The molecule has 1 heterocycles. The molecular weight excluding hydrogens is 354 g/mol. The molecule has 0 spiro atoms. The van der Waals surface area contributed by atoms with Crippen molar-refractivity contribution >= 4 is 23.2 Å². The molecule has 2 aromatic carbocycles. The van der Waals surface area contributed by atoms with E-state index in [2.05, 4.69) is 4.99 Å². The van der Waals surface area contributed by atoms with Gasteiger partial charge in [-0.2, -0.15) is 0 Å². The fraction of sp³-hybridized carbons (Fsp3) is 0.261. The summed E-state index contributed by atoms with van der Waals surface area (Å²) in [6.45, 7) is 3.88. The first kappa shape index (κ1) is 18.2. The predicted octanol–water partition coefficient (Wildman–Crippen LogP) is 4.04. The maximum Gasteiger partial charge on any atom is 0.315 e. The third-order valence-electron chi connectivity index (χ3n) is 5.32. The van der Waals surface area contributed by atoms with Crippen LogP contribution in [0.15, 0.2) is 59.1 Å². The van der Waals surface area contributed by atoms with Gasteiger partial charge in [0, 0.05) is 28.3 Å². The highest BCUT2D eigenvalue weighted by Gasteiger charge is 2.45. The summed E-state index contributed by atoms with van der Waals surface area (Å²) in [7, 11) is 1.60. The first-order valence-electron chi connectivity index (χ1n) is 9.30. The molecule has 4 rings (SSSR count). The molecule has 0 amide bonds. The monoisotopic (exact) mass is 375 g/mol. The quantitative estimate of drug-likeness (QED) is 0.757. The molecule has 5 heteroatoms. The lowest BCUT2D eigenvalue weighted by molar-refractivity contribution is -0.145. The van der Waals surface area contributed by atoms with E-state index in [0.717, 1.165) is 11.1 Å². The van der Waals surface area contributed by atoms with Gasteiger partial charge in [-0.3, -0.25) is 14.6 Å². The number of fused-ring (bicyclic) bond motifs is 2. The molecular formula is C23H21NO4. The normalized spacial score (nSPS) is 20.4. The largest absolute Gasteiger partial charge is 0.497 e. The van der Waals surface area contributed by atoms with Gasteiger partial charge in [0.25, 0.3) is 0 Å². The SMILES string of the molecule is CCOC(=O)C1C(C)=NC2=C(C(=O)c3ccccc32)[C@@H]1c1ccc(OC)cc1. The van der Waals surface area contributed by atoms with Crippen molar-refractivity contribution in [3.63, 3.8) is 0 Å². The zero-order valence-corrected chi connectivity index (χ0v) is 16.1. The van der Waals surface area contributed by atoms with E-state index >= 15 is 0 Å². The standard InChI is InChI=1S/C23H21NO4/c1-4-28-23(26)18-13(2)24-21-16-7-5-6-8-17(16)22(25)20(21)19(18)14-9-11-15(27-3)12-10-14/h5-12,18-19H,4H2,1-3H3/t18?,19-/m1/s1. The second-order valence-corrected chi connectivity index (χ2v) is 6.87. The van der Waals surface area contributed by atoms with Gasteiger partial charge in [0.05, 0.1) is 19.4 Å². The van der Waals surface area contributed by atoms with Crippen LogP contribution in [0.25, 0.3) is 5.70 Å². The minimum Gasteiger partial charge on any atom is -0.497 e. The number of carbonyl (C=O) groups excluding carboxylic acids is 2. The number of allylic oxidation sites excluding steroid dienone is 1. The Morgan fingerprint density at radius 1 is 1.07 bits per heavy atom. The molecule has 5 nitrogen and oxygen atoms in total. The molecule has 142 valence electrons. The number of ketones is 1. The number of hydrogen-bond acceptors (Lipinski definition) is 5. The lowest BCUT2D eigenvalue weighted by atomic mass is 9.75. The number of ether oxygens (including phenoxy) is 2. The summed E-state index contributed by atoms with van der Waals surface area (Å²) in [5, 5.41) is 0. The smallest absolute Gasteiger partial charge is 0.315 e. The van der Waals surface area contributed by atoms with Gasteiger partial charge in [0.15, 0.2) is 5.78 Å². The molecule has 0 N–H and O–H groups in total. The highest BCUT2D eigenvalue weighted by atomic mass is 16.5. The molecule has 2 aliphatic rings. The first-order chi connectivity index (χ1) is 13.6. The van der Waals surface area contributed by atoms with Crippen molar-refractivity contribution in [2.75, 3.05) is 13.7 Å². The minimum absolute atomic E-state index is 0.0723. The van der Waals surface area contributed by atoms with Crippen molar-refractivity contribution in [2.45, 2.75) is 19.8 Å². The van der Waals surface area contributed by atoms with E-state index in [1.165, 1.54) is 0 Å². The van der Waals surface area contributed by atoms with Gasteiger partial charge in [-0.1, -0.05) is 36.4 Å². The Kier molecular flexibility index (Phi) is 4.59. The van der Waals surface area contributed by atoms with E-state index in [4.69, 9.17) is 9.47 Å². The highest BCUT2D eigenvalue weighted by molar-refractivity contribution is 6.24. The second kappa shape index (κ2) is 7.08. The predicted molar refractivity (Wildman–Crippen MR) is 107 cm³/mol. The van der Waals surface area contributed by atoms with Crippen LogP contribution >= 0.6 is 0 Å². The third kappa shape index (κ3) is 2.74. The first-order valence-corrected chi connectivity index (χ1v) is 9.30. The van der Waals surface area contributed by atoms with Gasteiger partial charge in [-0.05, 0) is 31.5 Å². The van der Waals surface area contributed by atoms with Crippen LogP contribution in [0.3, 0.4) is 0 Å². The summed E-state index contributed by atoms with van der Waals surface area (Å²) in [6, 6.07) is 14.9. The maximum absolute atomic E-state index is 13.3. The number of Topliss-reactive ketones (excluding diaryl/α,β-unsaturated/α-hetero) is 1. The summed E-state index contributed by atoms with van der Waals surface area (Å²) >= 11 is 0. The Labute approximate surface area is 163 Å². The number of hydrogen-bond donors (Lipinski definition) is 0. The second-order valence-electron chi connectivity index (χ2n) is 6.87. The van der Waals surface area contributed by atoms with E-state index in [-0.39, 0.29) is 18.4 Å². The fourth-order valence-electron chi connectivity index (χ4n) is 4.06. The van der Waals surface area contributed by atoms with Gasteiger partial charge in [-0.25, -0.2) is 0 Å². The maximum atomic E-state index is 13.3. The molecule has 2 atom stereocenters. The lowest BCUT2D eigenvalue weighted by Gasteiger charge is -2.30. The lowest BCUT2D eigenvalue weighted by Crippen LogP contribution is -2.35. The highest BCUT2D eigenvalue weighted by Crippen LogP contribution is 2.48. The van der Waals surface area contributed by atoms with Gasteiger partial charge >= 0.3 is 5.97 Å². The van der Waals surface area contributed by atoms with Crippen LogP contribution in [-0.4, -0.2) is 31.2 Å². The molecule has 0 aromatic heterocycles. The molecule has 0 radical (unpaired) electrons. The Bertz CT molecular complexity index is 1020. The van der Waals surface area contributed by atoms with Gasteiger partial charge in [0.1, 0.15) is 11.7 Å². The number of rotatable bonds is 4. The number of benzene rings is 2. The Morgan fingerprint density at radius 3 is 2.39 bits per heavy atom. The van der Waals surface area contributed by atoms with Crippen LogP contribution in [0.2, 0.25) is 0 Å². The van der Waals surface area contributed by atoms with Crippen LogP contribution in [0.5, 0.6) is 5.75 Å². The van der Waals surface area contributed by atoms with Crippen molar-refractivity contribution in [1.82, 2.24) is 0 Å². The molecule has 28 heavy (non-hydrogen) atoms. The molecule has 1 aliphatic carbocycles. The number of carbonyl (C=O) groups is 2. The number of aliphatic imine (C=N–C) groups is 1. The number of esters is 1. The Balaban J connectivity index is 1.90. The van der Waals surface area contributed by atoms with E-state index in [0.29, 0.717) is 28.3 Å². The average molecular weight is 375 g/mol. The average Bonchev–Trinajstić information content (AvgIpc) is 2.99. The van der Waals surface area contributed by atoms with E-state index in [1.807, 2.05) is 55.5 Å². The van der Waals surface area contributed by atoms with Crippen LogP contribution < -0.4 is 4.74 Å². The zero-order chi connectivity index (χ0) is 19.8. The summed E-state index contributed by atoms with van der Waals surface area (Å²) in [5.41, 5.74) is 4.20. The van der Waals surface area contributed by atoms with Crippen LogP contribution in [0.1, 0.15) is 41.3 Å². The Hall–Kier alpha value is -3.21. The minimum atomic E-state index is -0.634.